The van der Waals surface area contributed by atoms with Gasteiger partial charge in [0.1, 0.15) is 11.4 Å². The fraction of sp³-hybridized carbons (Fsp3) is 0.105. The van der Waals surface area contributed by atoms with Crippen molar-refractivity contribution in [2.45, 2.75) is 6.18 Å². The summed E-state index contributed by atoms with van der Waals surface area (Å²) in [5.41, 5.74) is -0.757. The molecule has 0 atom stereocenters. The van der Waals surface area contributed by atoms with Gasteiger partial charge in [-0.2, -0.15) is 18.2 Å². The van der Waals surface area contributed by atoms with Gasteiger partial charge in [0.15, 0.2) is 0 Å². The zero-order chi connectivity index (χ0) is 20.1. The number of aromatic nitrogens is 3. The van der Waals surface area contributed by atoms with E-state index in [4.69, 9.17) is 4.52 Å². The topological polar surface area (TPSA) is 60.9 Å². The highest BCUT2D eigenvalue weighted by Crippen LogP contribution is 2.32. The molecule has 0 aliphatic carbocycles. The molecule has 0 radical (unpaired) electrons. The summed E-state index contributed by atoms with van der Waals surface area (Å²) < 4.78 is 58.9. The molecule has 142 valence electrons. The Kier molecular flexibility index (Phi) is 4.02. The zero-order valence-corrected chi connectivity index (χ0v) is 14.3. The standard InChI is InChI=1S/C19H11F4N3O2/c1-26-9-14(16(27)13-8-12(20)5-6-15(13)26)18-24-17(25-28-18)10-3-2-4-11(7-10)19(21,22)23/h2-9H,1H3. The molecule has 0 saturated heterocycles. The van der Waals surface area contributed by atoms with Crippen LogP contribution >= 0.6 is 0 Å². The Bertz CT molecular complexity index is 1260. The van der Waals surface area contributed by atoms with E-state index in [-0.39, 0.29) is 28.2 Å². The van der Waals surface area contributed by atoms with Crippen LogP contribution in [-0.4, -0.2) is 14.7 Å². The highest BCUT2D eigenvalue weighted by Gasteiger charge is 2.31. The van der Waals surface area contributed by atoms with Crippen LogP contribution in [0.1, 0.15) is 5.56 Å². The molecule has 5 nitrogen and oxygen atoms in total. The summed E-state index contributed by atoms with van der Waals surface area (Å²) in [6.07, 6.45) is -3.06. The maximum atomic E-state index is 13.6. The monoisotopic (exact) mass is 389 g/mol. The van der Waals surface area contributed by atoms with Crippen LogP contribution in [0.4, 0.5) is 17.6 Å². The highest BCUT2D eigenvalue weighted by atomic mass is 19.4. The molecule has 2 aromatic carbocycles. The third kappa shape index (κ3) is 3.04. The normalized spacial score (nSPS) is 11.9. The molecular weight excluding hydrogens is 378 g/mol. The number of nitrogens with zero attached hydrogens (tertiary/aromatic N) is 3. The lowest BCUT2D eigenvalue weighted by molar-refractivity contribution is -0.137. The van der Waals surface area contributed by atoms with Gasteiger partial charge in [0.25, 0.3) is 5.89 Å². The molecule has 0 amide bonds. The van der Waals surface area contributed by atoms with Crippen molar-refractivity contribution in [2.24, 2.45) is 7.05 Å². The second-order valence-corrected chi connectivity index (χ2v) is 6.15. The molecule has 2 heterocycles. The van der Waals surface area contributed by atoms with Crippen molar-refractivity contribution in [3.63, 3.8) is 0 Å². The van der Waals surface area contributed by atoms with Gasteiger partial charge in [-0.1, -0.05) is 17.3 Å². The van der Waals surface area contributed by atoms with Gasteiger partial charge in [0.2, 0.25) is 11.3 Å². The van der Waals surface area contributed by atoms with Gasteiger partial charge in [-0.3, -0.25) is 4.79 Å². The van der Waals surface area contributed by atoms with Gasteiger partial charge < -0.3 is 9.09 Å². The second-order valence-electron chi connectivity index (χ2n) is 6.15. The lowest BCUT2D eigenvalue weighted by Gasteiger charge is -2.07. The van der Waals surface area contributed by atoms with Crippen molar-refractivity contribution < 1.29 is 22.1 Å². The third-order valence-corrected chi connectivity index (χ3v) is 4.26. The predicted octanol–water partition coefficient (Wildman–Crippen LogP) is 4.41. The van der Waals surface area contributed by atoms with Crippen molar-refractivity contribution in [2.75, 3.05) is 0 Å². The van der Waals surface area contributed by atoms with Crippen molar-refractivity contribution in [1.29, 1.82) is 0 Å². The minimum absolute atomic E-state index is 0.0197. The molecule has 0 aliphatic heterocycles. The number of pyridine rings is 1. The van der Waals surface area contributed by atoms with Crippen LogP contribution in [0.25, 0.3) is 33.7 Å². The first-order valence-corrected chi connectivity index (χ1v) is 8.04. The number of hydrogen-bond acceptors (Lipinski definition) is 4. The van der Waals surface area contributed by atoms with Gasteiger partial charge in [-0.05, 0) is 30.3 Å². The summed E-state index contributed by atoms with van der Waals surface area (Å²) in [7, 11) is 1.66. The molecule has 0 aliphatic rings. The van der Waals surface area contributed by atoms with Crippen LogP contribution in [0, 0.1) is 5.82 Å². The smallest absolute Gasteiger partial charge is 0.350 e. The van der Waals surface area contributed by atoms with Crippen LogP contribution < -0.4 is 5.43 Å². The molecule has 2 aromatic heterocycles. The minimum Gasteiger partial charge on any atom is -0.350 e. The summed E-state index contributed by atoms with van der Waals surface area (Å²) in [6.45, 7) is 0. The average Bonchev–Trinajstić information content (AvgIpc) is 3.14. The second kappa shape index (κ2) is 6.29. The fourth-order valence-corrected chi connectivity index (χ4v) is 2.90. The van der Waals surface area contributed by atoms with Crippen LogP contribution in [0.15, 0.2) is 58.0 Å². The quantitative estimate of drug-likeness (QED) is 0.477. The Morgan fingerprint density at radius 3 is 2.64 bits per heavy atom. The summed E-state index contributed by atoms with van der Waals surface area (Å²) in [5.74, 6) is -0.835. The average molecular weight is 389 g/mol. The van der Waals surface area contributed by atoms with E-state index in [2.05, 4.69) is 10.1 Å². The van der Waals surface area contributed by atoms with E-state index in [1.165, 1.54) is 30.5 Å². The molecule has 0 N–H and O–H groups in total. The lowest BCUT2D eigenvalue weighted by Crippen LogP contribution is -2.10. The van der Waals surface area contributed by atoms with Crippen molar-refractivity contribution >= 4 is 10.9 Å². The molecule has 4 rings (SSSR count). The van der Waals surface area contributed by atoms with Gasteiger partial charge in [0.05, 0.1) is 11.1 Å². The molecular formula is C19H11F4N3O2. The van der Waals surface area contributed by atoms with Gasteiger partial charge >= 0.3 is 6.18 Å². The Hall–Kier alpha value is -3.49. The van der Waals surface area contributed by atoms with Crippen LogP contribution in [0.3, 0.4) is 0 Å². The number of benzene rings is 2. The molecule has 0 fully saturated rings. The minimum atomic E-state index is -4.51. The van der Waals surface area contributed by atoms with E-state index in [9.17, 15) is 22.4 Å². The maximum Gasteiger partial charge on any atom is 0.416 e. The number of rotatable bonds is 2. The van der Waals surface area contributed by atoms with Gasteiger partial charge in [0, 0.05) is 24.2 Å². The lowest BCUT2D eigenvalue weighted by atomic mass is 10.1. The Labute approximate surface area is 154 Å². The third-order valence-electron chi connectivity index (χ3n) is 4.26. The molecule has 28 heavy (non-hydrogen) atoms. The SMILES string of the molecule is Cn1cc(-c2nc(-c3cccc(C(F)(F)F)c3)no2)c(=O)c2cc(F)ccc21. The highest BCUT2D eigenvalue weighted by molar-refractivity contribution is 5.82. The number of fused-ring (bicyclic) bond motifs is 1. The summed E-state index contributed by atoms with van der Waals surface area (Å²) in [4.78, 5) is 16.8. The molecule has 0 unspecified atom stereocenters. The van der Waals surface area contributed by atoms with Crippen molar-refractivity contribution in [1.82, 2.24) is 14.7 Å². The summed E-state index contributed by atoms with van der Waals surface area (Å²) >= 11 is 0. The predicted molar refractivity (Wildman–Crippen MR) is 92.9 cm³/mol. The van der Waals surface area contributed by atoms with E-state index < -0.39 is 23.0 Å². The first-order chi connectivity index (χ1) is 13.2. The molecule has 0 spiro atoms. The summed E-state index contributed by atoms with van der Waals surface area (Å²) in [5, 5.41) is 3.80. The van der Waals surface area contributed by atoms with Crippen LogP contribution in [0.5, 0.6) is 0 Å². The van der Waals surface area contributed by atoms with E-state index in [1.807, 2.05) is 0 Å². The number of hydrogen-bond donors (Lipinski definition) is 0. The van der Waals surface area contributed by atoms with Gasteiger partial charge in [-0.15, -0.1) is 0 Å². The molecule has 0 saturated carbocycles. The number of alkyl halides is 3. The fourth-order valence-electron chi connectivity index (χ4n) is 2.90. The van der Waals surface area contributed by atoms with E-state index >= 15 is 0 Å². The zero-order valence-electron chi connectivity index (χ0n) is 14.3. The largest absolute Gasteiger partial charge is 0.416 e. The molecule has 4 aromatic rings. The first kappa shape index (κ1) is 17.9. The van der Waals surface area contributed by atoms with E-state index in [1.54, 1.807) is 11.6 Å². The molecule has 9 heteroatoms. The Morgan fingerprint density at radius 1 is 1.11 bits per heavy atom. The maximum absolute atomic E-state index is 13.6. The first-order valence-electron chi connectivity index (χ1n) is 8.04. The van der Waals surface area contributed by atoms with Crippen LogP contribution in [-0.2, 0) is 13.2 Å². The summed E-state index contributed by atoms with van der Waals surface area (Å²) in [6, 6.07) is 8.26. The number of aryl methyl sites for hydroxylation is 1. The van der Waals surface area contributed by atoms with E-state index in [0.717, 1.165) is 18.2 Å². The van der Waals surface area contributed by atoms with Crippen LogP contribution in [0.2, 0.25) is 0 Å². The molecule has 0 bridgehead atoms. The Morgan fingerprint density at radius 2 is 1.89 bits per heavy atom. The van der Waals surface area contributed by atoms with Crippen molar-refractivity contribution in [3.05, 3.63) is 70.3 Å². The Balaban J connectivity index is 1.83. The van der Waals surface area contributed by atoms with Crippen molar-refractivity contribution in [3.8, 4) is 22.8 Å². The van der Waals surface area contributed by atoms with Gasteiger partial charge in [-0.25, -0.2) is 4.39 Å². The van der Waals surface area contributed by atoms with E-state index in [0.29, 0.717) is 5.52 Å². The number of halogens is 4.